The van der Waals surface area contributed by atoms with Crippen LogP contribution in [0, 0.1) is 0 Å². The Hall–Kier alpha value is -3.32. The second kappa shape index (κ2) is 10.5. The second-order valence-corrected chi connectivity index (χ2v) is 7.36. The van der Waals surface area contributed by atoms with Gasteiger partial charge >= 0.3 is 5.97 Å². The maximum atomic E-state index is 12.6. The van der Waals surface area contributed by atoms with E-state index in [2.05, 4.69) is 5.32 Å². The van der Waals surface area contributed by atoms with Crippen molar-refractivity contribution in [3.05, 3.63) is 65.5 Å². The average molecular weight is 425 g/mol. The fourth-order valence-electron chi connectivity index (χ4n) is 2.90. The van der Waals surface area contributed by atoms with Crippen LogP contribution < -0.4 is 15.8 Å². The van der Waals surface area contributed by atoms with Crippen LogP contribution in [-0.2, 0) is 9.53 Å². The molecule has 3 N–H and O–H groups in total. The lowest BCUT2D eigenvalue weighted by molar-refractivity contribution is -0.116. The van der Waals surface area contributed by atoms with Gasteiger partial charge in [-0.05, 0) is 31.0 Å². The summed E-state index contributed by atoms with van der Waals surface area (Å²) in [5.74, 6) is -0.0318. The number of hydrogen-bond acceptors (Lipinski definition) is 6. The molecule has 3 rings (SSSR count). The molecule has 0 radical (unpaired) electrons. The minimum absolute atomic E-state index is 0.188. The molecule has 0 unspecified atom stereocenters. The van der Waals surface area contributed by atoms with Crippen LogP contribution in [0.2, 0.25) is 0 Å². The standard InChI is InChI=1S/C23H24N2O4S/c1-2-28-23(27)21-17(16-9-4-3-5-10-16)15-30-22(21)25-20(26)13-8-14-29-19-12-7-6-11-18(19)24/h3-7,9-12,15H,2,8,13-14,24H2,1H3,(H,25,26). The van der Waals surface area contributed by atoms with Gasteiger partial charge in [0.15, 0.2) is 0 Å². The van der Waals surface area contributed by atoms with Crippen LogP contribution in [0.15, 0.2) is 60.0 Å². The van der Waals surface area contributed by atoms with Gasteiger partial charge in [-0.2, -0.15) is 0 Å². The molecule has 7 heteroatoms. The summed E-state index contributed by atoms with van der Waals surface area (Å²) in [6.45, 7) is 2.38. The highest BCUT2D eigenvalue weighted by Crippen LogP contribution is 2.36. The molecule has 2 aromatic carbocycles. The average Bonchev–Trinajstić information content (AvgIpc) is 3.16. The summed E-state index contributed by atoms with van der Waals surface area (Å²) in [6, 6.07) is 16.8. The van der Waals surface area contributed by atoms with Crippen molar-refractivity contribution in [1.29, 1.82) is 0 Å². The Labute approximate surface area is 179 Å². The van der Waals surface area contributed by atoms with Crippen molar-refractivity contribution in [1.82, 2.24) is 0 Å². The van der Waals surface area contributed by atoms with Gasteiger partial charge in [-0.1, -0.05) is 42.5 Å². The Morgan fingerprint density at radius 3 is 2.53 bits per heavy atom. The zero-order chi connectivity index (χ0) is 21.3. The first-order valence-corrected chi connectivity index (χ1v) is 10.6. The van der Waals surface area contributed by atoms with E-state index in [9.17, 15) is 9.59 Å². The maximum absolute atomic E-state index is 12.6. The number of hydrogen-bond donors (Lipinski definition) is 2. The molecule has 1 aromatic heterocycles. The molecule has 0 aliphatic carbocycles. The zero-order valence-corrected chi connectivity index (χ0v) is 17.5. The number of amides is 1. The molecule has 0 aliphatic heterocycles. The molecule has 0 saturated heterocycles. The quantitative estimate of drug-likeness (QED) is 0.287. The summed E-state index contributed by atoms with van der Waals surface area (Å²) < 4.78 is 10.8. The molecular formula is C23H24N2O4S. The summed E-state index contributed by atoms with van der Waals surface area (Å²) in [5, 5.41) is 5.20. The first-order chi connectivity index (χ1) is 14.6. The van der Waals surface area contributed by atoms with Crippen LogP contribution in [0.3, 0.4) is 0 Å². The molecule has 0 spiro atoms. The van der Waals surface area contributed by atoms with E-state index < -0.39 is 5.97 Å². The molecule has 156 valence electrons. The lowest BCUT2D eigenvalue weighted by Crippen LogP contribution is -2.15. The van der Waals surface area contributed by atoms with Crippen molar-refractivity contribution >= 4 is 33.9 Å². The van der Waals surface area contributed by atoms with Crippen molar-refractivity contribution < 1.29 is 19.1 Å². The van der Waals surface area contributed by atoms with Crippen LogP contribution in [0.1, 0.15) is 30.1 Å². The van der Waals surface area contributed by atoms with E-state index in [0.29, 0.717) is 35.0 Å². The number of nitrogens with two attached hydrogens (primary N) is 1. The predicted octanol–water partition coefficient (Wildman–Crippen LogP) is 4.97. The van der Waals surface area contributed by atoms with Gasteiger partial charge in [0.1, 0.15) is 16.3 Å². The normalized spacial score (nSPS) is 10.4. The van der Waals surface area contributed by atoms with Crippen LogP contribution in [0.5, 0.6) is 5.75 Å². The number of para-hydroxylation sites is 2. The maximum Gasteiger partial charge on any atom is 0.341 e. The molecule has 0 fully saturated rings. The van der Waals surface area contributed by atoms with Gasteiger partial charge in [-0.25, -0.2) is 4.79 Å². The summed E-state index contributed by atoms with van der Waals surface area (Å²) in [5.41, 5.74) is 8.43. The highest BCUT2D eigenvalue weighted by molar-refractivity contribution is 7.15. The highest BCUT2D eigenvalue weighted by Gasteiger charge is 2.22. The van der Waals surface area contributed by atoms with Crippen molar-refractivity contribution in [3.8, 4) is 16.9 Å². The molecule has 0 atom stereocenters. The first-order valence-electron chi connectivity index (χ1n) is 9.71. The van der Waals surface area contributed by atoms with E-state index in [0.717, 1.165) is 11.1 Å². The number of carbonyl (C=O) groups is 2. The Balaban J connectivity index is 1.64. The summed E-state index contributed by atoms with van der Waals surface area (Å²) in [6.07, 6.45) is 0.777. The molecule has 3 aromatic rings. The second-order valence-electron chi connectivity index (χ2n) is 6.48. The number of nitrogen functional groups attached to an aromatic ring is 1. The molecule has 0 bridgehead atoms. The van der Waals surface area contributed by atoms with E-state index in [4.69, 9.17) is 15.2 Å². The van der Waals surface area contributed by atoms with Gasteiger partial charge < -0.3 is 20.5 Å². The van der Waals surface area contributed by atoms with Crippen molar-refractivity contribution in [2.24, 2.45) is 0 Å². The third-order valence-corrected chi connectivity index (χ3v) is 5.23. The van der Waals surface area contributed by atoms with Crippen LogP contribution in [0.25, 0.3) is 11.1 Å². The predicted molar refractivity (Wildman–Crippen MR) is 120 cm³/mol. The van der Waals surface area contributed by atoms with Crippen LogP contribution >= 0.6 is 11.3 Å². The van der Waals surface area contributed by atoms with Gasteiger partial charge in [0.2, 0.25) is 5.91 Å². The van der Waals surface area contributed by atoms with E-state index >= 15 is 0 Å². The third kappa shape index (κ3) is 5.39. The lowest BCUT2D eigenvalue weighted by atomic mass is 10.0. The molecule has 30 heavy (non-hydrogen) atoms. The molecule has 1 amide bonds. The van der Waals surface area contributed by atoms with Crippen LogP contribution in [-0.4, -0.2) is 25.1 Å². The minimum atomic E-state index is -0.448. The number of anilines is 2. The summed E-state index contributed by atoms with van der Waals surface area (Å²) in [7, 11) is 0. The Bertz CT molecular complexity index is 1000. The Morgan fingerprint density at radius 1 is 1.07 bits per heavy atom. The van der Waals surface area contributed by atoms with Crippen molar-refractivity contribution in [2.75, 3.05) is 24.3 Å². The molecule has 0 aliphatic rings. The largest absolute Gasteiger partial charge is 0.491 e. The Morgan fingerprint density at radius 2 is 1.80 bits per heavy atom. The number of esters is 1. The molecule has 0 saturated carbocycles. The number of rotatable bonds is 9. The number of thiophene rings is 1. The number of ether oxygens (including phenoxy) is 2. The molecule has 1 heterocycles. The minimum Gasteiger partial charge on any atom is -0.491 e. The smallest absolute Gasteiger partial charge is 0.341 e. The van der Waals surface area contributed by atoms with Crippen molar-refractivity contribution in [3.63, 3.8) is 0 Å². The molecule has 6 nitrogen and oxygen atoms in total. The third-order valence-electron chi connectivity index (χ3n) is 4.33. The van der Waals surface area contributed by atoms with E-state index in [1.807, 2.05) is 47.8 Å². The fraction of sp³-hybridized carbons (Fsp3) is 0.217. The Kier molecular flexibility index (Phi) is 7.45. The van der Waals surface area contributed by atoms with E-state index in [-0.39, 0.29) is 18.9 Å². The summed E-state index contributed by atoms with van der Waals surface area (Å²) in [4.78, 5) is 25.0. The highest BCUT2D eigenvalue weighted by atomic mass is 32.1. The first kappa shape index (κ1) is 21.4. The topological polar surface area (TPSA) is 90.6 Å². The van der Waals surface area contributed by atoms with E-state index in [1.165, 1.54) is 11.3 Å². The van der Waals surface area contributed by atoms with Crippen LogP contribution in [0.4, 0.5) is 10.7 Å². The van der Waals surface area contributed by atoms with Crippen molar-refractivity contribution in [2.45, 2.75) is 19.8 Å². The zero-order valence-electron chi connectivity index (χ0n) is 16.7. The monoisotopic (exact) mass is 424 g/mol. The molecular weight excluding hydrogens is 400 g/mol. The fourth-order valence-corrected chi connectivity index (χ4v) is 3.88. The van der Waals surface area contributed by atoms with Gasteiger partial charge in [0.25, 0.3) is 0 Å². The summed E-state index contributed by atoms with van der Waals surface area (Å²) >= 11 is 1.31. The number of nitrogens with one attached hydrogen (secondary N) is 1. The number of benzene rings is 2. The van der Waals surface area contributed by atoms with Gasteiger partial charge in [0, 0.05) is 17.4 Å². The van der Waals surface area contributed by atoms with Gasteiger partial charge in [0.05, 0.1) is 18.9 Å². The SMILES string of the molecule is CCOC(=O)c1c(-c2ccccc2)csc1NC(=O)CCCOc1ccccc1N. The van der Waals surface area contributed by atoms with E-state index in [1.54, 1.807) is 19.1 Å². The lowest BCUT2D eigenvalue weighted by Gasteiger charge is -2.10. The van der Waals surface area contributed by atoms with Gasteiger partial charge in [-0.3, -0.25) is 4.79 Å². The van der Waals surface area contributed by atoms with Gasteiger partial charge in [-0.15, -0.1) is 11.3 Å². The number of carbonyl (C=O) groups excluding carboxylic acids is 2.